The van der Waals surface area contributed by atoms with Gasteiger partial charge in [-0.25, -0.2) is 0 Å². The fraction of sp³-hybridized carbons (Fsp3) is 0.700. The Hall–Kier alpha value is 0.420. The molecular weight excluding hydrogens is 355 g/mol. The lowest BCUT2D eigenvalue weighted by Gasteiger charge is -2.28. The molecular formula is C10H16BrIN2. The first-order chi connectivity index (χ1) is 6.43. The van der Waals surface area contributed by atoms with Crippen LogP contribution in [-0.4, -0.2) is 15.1 Å². The van der Waals surface area contributed by atoms with E-state index >= 15 is 0 Å². The van der Waals surface area contributed by atoms with Crippen LogP contribution in [0.4, 0.5) is 0 Å². The molecule has 1 aromatic rings. The topological polar surface area (TPSA) is 17.8 Å². The van der Waals surface area contributed by atoms with Crippen LogP contribution in [0, 0.1) is 14.9 Å². The molecule has 0 aliphatic rings. The SMILES string of the molecule is CC(C)(C)C(CBr)Cn1cc(I)cn1. The van der Waals surface area contributed by atoms with Crippen LogP contribution in [0.25, 0.3) is 0 Å². The highest BCUT2D eigenvalue weighted by molar-refractivity contribution is 14.1. The Bertz CT molecular complexity index is 291. The lowest BCUT2D eigenvalue weighted by Crippen LogP contribution is -2.26. The summed E-state index contributed by atoms with van der Waals surface area (Å²) in [4.78, 5) is 0. The van der Waals surface area contributed by atoms with Crippen molar-refractivity contribution in [3.63, 3.8) is 0 Å². The van der Waals surface area contributed by atoms with Gasteiger partial charge in [-0.1, -0.05) is 36.7 Å². The fourth-order valence-electron chi connectivity index (χ4n) is 1.22. The van der Waals surface area contributed by atoms with Crippen molar-refractivity contribution in [2.75, 3.05) is 5.33 Å². The zero-order valence-corrected chi connectivity index (χ0v) is 12.5. The Labute approximate surface area is 108 Å². The monoisotopic (exact) mass is 370 g/mol. The van der Waals surface area contributed by atoms with Gasteiger partial charge in [0, 0.05) is 18.1 Å². The quantitative estimate of drug-likeness (QED) is 0.587. The summed E-state index contributed by atoms with van der Waals surface area (Å²) in [6, 6.07) is 0. The van der Waals surface area contributed by atoms with Crippen molar-refractivity contribution >= 4 is 38.5 Å². The molecule has 1 atom stereocenters. The fourth-order valence-corrected chi connectivity index (χ4v) is 2.84. The number of hydrogen-bond donors (Lipinski definition) is 0. The van der Waals surface area contributed by atoms with E-state index in [2.05, 4.69) is 70.6 Å². The summed E-state index contributed by atoms with van der Waals surface area (Å²) < 4.78 is 3.23. The van der Waals surface area contributed by atoms with Gasteiger partial charge in [0.15, 0.2) is 0 Å². The zero-order valence-electron chi connectivity index (χ0n) is 8.80. The third kappa shape index (κ3) is 3.53. The molecule has 1 heterocycles. The van der Waals surface area contributed by atoms with Gasteiger partial charge in [-0.2, -0.15) is 5.10 Å². The smallest absolute Gasteiger partial charge is 0.0623 e. The van der Waals surface area contributed by atoms with E-state index in [0.29, 0.717) is 11.3 Å². The standard InChI is InChI=1S/C10H16BrIN2/c1-10(2,3)8(4-11)6-14-7-9(12)5-13-14/h5,7-8H,4,6H2,1-3H3. The Balaban J connectivity index is 2.66. The summed E-state index contributed by atoms with van der Waals surface area (Å²) in [6.07, 6.45) is 3.98. The van der Waals surface area contributed by atoms with Crippen molar-refractivity contribution < 1.29 is 0 Å². The van der Waals surface area contributed by atoms with Crippen molar-refractivity contribution in [1.29, 1.82) is 0 Å². The largest absolute Gasteiger partial charge is 0.271 e. The summed E-state index contributed by atoms with van der Waals surface area (Å²) in [6.45, 7) is 7.80. The van der Waals surface area contributed by atoms with Crippen molar-refractivity contribution in [1.82, 2.24) is 9.78 Å². The third-order valence-electron chi connectivity index (χ3n) is 2.42. The van der Waals surface area contributed by atoms with Gasteiger partial charge in [0.25, 0.3) is 0 Å². The summed E-state index contributed by atoms with van der Waals surface area (Å²) in [5.74, 6) is 0.609. The minimum atomic E-state index is 0.320. The molecule has 0 spiro atoms. The molecule has 0 bridgehead atoms. The van der Waals surface area contributed by atoms with Crippen LogP contribution >= 0.6 is 38.5 Å². The molecule has 1 aromatic heterocycles. The van der Waals surface area contributed by atoms with E-state index in [1.54, 1.807) is 0 Å². The molecule has 14 heavy (non-hydrogen) atoms. The second kappa shape index (κ2) is 4.96. The van der Waals surface area contributed by atoms with Gasteiger partial charge in [-0.3, -0.25) is 4.68 Å². The maximum absolute atomic E-state index is 4.31. The number of halogens is 2. The molecule has 0 aromatic carbocycles. The Morgan fingerprint density at radius 1 is 1.57 bits per heavy atom. The van der Waals surface area contributed by atoms with Gasteiger partial charge in [-0.05, 0) is 33.9 Å². The molecule has 0 aliphatic carbocycles. The summed E-state index contributed by atoms with van der Waals surface area (Å²) in [7, 11) is 0. The normalized spacial score (nSPS) is 14.4. The first-order valence-electron chi connectivity index (χ1n) is 4.67. The van der Waals surface area contributed by atoms with Crippen molar-refractivity contribution in [3.8, 4) is 0 Å². The number of hydrogen-bond acceptors (Lipinski definition) is 1. The number of rotatable bonds is 3. The van der Waals surface area contributed by atoms with Crippen LogP contribution in [0.15, 0.2) is 12.4 Å². The van der Waals surface area contributed by atoms with Crippen LogP contribution in [0.1, 0.15) is 20.8 Å². The molecule has 1 unspecified atom stereocenters. The summed E-state index contributed by atoms with van der Waals surface area (Å²) in [5.41, 5.74) is 0.320. The predicted octanol–water partition coefficient (Wildman–Crippen LogP) is 3.54. The second-order valence-corrected chi connectivity index (χ2v) is 6.49. The second-order valence-electron chi connectivity index (χ2n) is 4.60. The lowest BCUT2D eigenvalue weighted by atomic mass is 9.82. The molecule has 0 N–H and O–H groups in total. The molecule has 1 rings (SSSR count). The van der Waals surface area contributed by atoms with Gasteiger partial charge < -0.3 is 0 Å². The highest BCUT2D eigenvalue weighted by Crippen LogP contribution is 2.28. The number of nitrogens with zero attached hydrogens (tertiary/aromatic N) is 2. The maximum atomic E-state index is 4.31. The average molecular weight is 371 g/mol. The van der Waals surface area contributed by atoms with Gasteiger partial charge in [0.05, 0.1) is 9.77 Å². The van der Waals surface area contributed by atoms with Crippen LogP contribution in [0.3, 0.4) is 0 Å². The Kier molecular flexibility index (Phi) is 4.43. The van der Waals surface area contributed by atoms with Crippen LogP contribution in [0.5, 0.6) is 0 Å². The van der Waals surface area contributed by atoms with Gasteiger partial charge in [-0.15, -0.1) is 0 Å². The van der Waals surface area contributed by atoms with E-state index in [1.165, 1.54) is 3.57 Å². The average Bonchev–Trinajstić information content (AvgIpc) is 2.45. The lowest BCUT2D eigenvalue weighted by molar-refractivity contribution is 0.232. The first-order valence-corrected chi connectivity index (χ1v) is 6.87. The van der Waals surface area contributed by atoms with E-state index in [1.807, 2.05) is 10.9 Å². The van der Waals surface area contributed by atoms with E-state index in [4.69, 9.17) is 0 Å². The molecule has 0 saturated heterocycles. The van der Waals surface area contributed by atoms with E-state index in [0.717, 1.165) is 11.9 Å². The zero-order chi connectivity index (χ0) is 10.8. The molecule has 0 saturated carbocycles. The molecule has 0 radical (unpaired) electrons. The predicted molar refractivity (Wildman–Crippen MR) is 71.7 cm³/mol. The minimum Gasteiger partial charge on any atom is -0.271 e. The number of aromatic nitrogens is 2. The van der Waals surface area contributed by atoms with Crippen molar-refractivity contribution in [2.24, 2.45) is 11.3 Å². The van der Waals surface area contributed by atoms with Crippen molar-refractivity contribution in [3.05, 3.63) is 16.0 Å². The van der Waals surface area contributed by atoms with Crippen LogP contribution in [-0.2, 0) is 6.54 Å². The molecule has 2 nitrogen and oxygen atoms in total. The van der Waals surface area contributed by atoms with E-state index < -0.39 is 0 Å². The maximum Gasteiger partial charge on any atom is 0.0623 e. The highest BCUT2D eigenvalue weighted by atomic mass is 127. The third-order valence-corrected chi connectivity index (χ3v) is 3.76. The first kappa shape index (κ1) is 12.5. The van der Waals surface area contributed by atoms with Crippen LogP contribution < -0.4 is 0 Å². The Morgan fingerprint density at radius 2 is 2.21 bits per heavy atom. The molecule has 0 aliphatic heterocycles. The van der Waals surface area contributed by atoms with Gasteiger partial charge in [0.2, 0.25) is 0 Å². The molecule has 0 fully saturated rings. The van der Waals surface area contributed by atoms with Crippen molar-refractivity contribution in [2.45, 2.75) is 27.3 Å². The molecule has 80 valence electrons. The van der Waals surface area contributed by atoms with E-state index in [-0.39, 0.29) is 0 Å². The highest BCUT2D eigenvalue weighted by Gasteiger charge is 2.23. The van der Waals surface area contributed by atoms with Crippen LogP contribution in [0.2, 0.25) is 0 Å². The van der Waals surface area contributed by atoms with Gasteiger partial charge >= 0.3 is 0 Å². The molecule has 4 heteroatoms. The van der Waals surface area contributed by atoms with Gasteiger partial charge in [0.1, 0.15) is 0 Å². The number of alkyl halides is 1. The molecule has 0 amide bonds. The minimum absolute atomic E-state index is 0.320. The Morgan fingerprint density at radius 3 is 2.57 bits per heavy atom. The summed E-state index contributed by atoms with van der Waals surface area (Å²) >= 11 is 5.86. The summed E-state index contributed by atoms with van der Waals surface area (Å²) in [5, 5.41) is 5.33. The van der Waals surface area contributed by atoms with E-state index in [9.17, 15) is 0 Å².